The minimum Gasteiger partial charge on any atom is -0.367 e. The van der Waals surface area contributed by atoms with Gasteiger partial charge < -0.3 is 15.2 Å². The molecule has 1 amide bonds. The fourth-order valence-corrected chi connectivity index (χ4v) is 2.40. The van der Waals surface area contributed by atoms with Crippen LogP contribution in [-0.2, 0) is 6.54 Å². The Bertz CT molecular complexity index is 874. The number of anilines is 1. The van der Waals surface area contributed by atoms with Crippen LogP contribution in [0.15, 0.2) is 53.4 Å². The normalized spacial score (nSPS) is 13.4. The second kappa shape index (κ2) is 6.72. The van der Waals surface area contributed by atoms with E-state index < -0.39 is 0 Å². The number of carbonyl (C=O) groups excluding carboxylic acids is 1. The summed E-state index contributed by atoms with van der Waals surface area (Å²) in [6, 6.07) is 9.62. The van der Waals surface area contributed by atoms with Crippen molar-refractivity contribution in [3.63, 3.8) is 0 Å². The number of amides is 1. The van der Waals surface area contributed by atoms with Crippen LogP contribution in [0.1, 0.15) is 28.9 Å². The first-order chi connectivity index (χ1) is 12.3. The summed E-state index contributed by atoms with van der Waals surface area (Å²) >= 11 is 0. The zero-order chi connectivity index (χ0) is 17.1. The molecule has 0 spiro atoms. The van der Waals surface area contributed by atoms with E-state index in [0.29, 0.717) is 18.3 Å². The van der Waals surface area contributed by atoms with Gasteiger partial charge in [0.05, 0.1) is 0 Å². The fraction of sp³-hybridized carbons (Fsp3) is 0.222. The van der Waals surface area contributed by atoms with Crippen LogP contribution in [0.2, 0.25) is 0 Å². The Kier molecular flexibility index (Phi) is 4.12. The summed E-state index contributed by atoms with van der Waals surface area (Å²) < 4.78 is 5.22. The predicted octanol–water partition coefficient (Wildman–Crippen LogP) is 2.64. The zero-order valence-corrected chi connectivity index (χ0v) is 13.5. The topological polar surface area (TPSA) is 92.9 Å². The van der Waals surface area contributed by atoms with E-state index >= 15 is 0 Å². The van der Waals surface area contributed by atoms with Crippen molar-refractivity contribution in [3.8, 4) is 11.3 Å². The van der Waals surface area contributed by atoms with E-state index in [2.05, 4.69) is 25.8 Å². The van der Waals surface area contributed by atoms with E-state index in [1.54, 1.807) is 30.7 Å². The Balaban J connectivity index is 1.38. The van der Waals surface area contributed by atoms with Gasteiger partial charge in [-0.3, -0.25) is 9.78 Å². The van der Waals surface area contributed by atoms with Crippen molar-refractivity contribution >= 4 is 11.7 Å². The fourth-order valence-electron chi connectivity index (χ4n) is 2.40. The molecular formula is C18H17N5O2. The summed E-state index contributed by atoms with van der Waals surface area (Å²) in [5, 5.41) is 10.0. The lowest BCUT2D eigenvalue weighted by molar-refractivity contribution is 0.0942. The highest BCUT2D eigenvalue weighted by atomic mass is 16.5. The van der Waals surface area contributed by atoms with E-state index in [1.807, 2.05) is 18.2 Å². The lowest BCUT2D eigenvalue weighted by atomic mass is 10.2. The second-order valence-electron chi connectivity index (χ2n) is 5.97. The van der Waals surface area contributed by atoms with Gasteiger partial charge in [0, 0.05) is 42.8 Å². The van der Waals surface area contributed by atoms with Crippen LogP contribution >= 0.6 is 0 Å². The molecule has 25 heavy (non-hydrogen) atoms. The lowest BCUT2D eigenvalue weighted by Crippen LogP contribution is -2.23. The SMILES string of the molecule is O=C(NCc1ccnc(NC2CC2)c1)c1cc(-c2cccnc2)on1. The molecule has 126 valence electrons. The zero-order valence-electron chi connectivity index (χ0n) is 13.5. The molecule has 0 aliphatic heterocycles. The van der Waals surface area contributed by atoms with Crippen LogP contribution in [0.25, 0.3) is 11.3 Å². The van der Waals surface area contributed by atoms with Crippen molar-refractivity contribution in [3.05, 3.63) is 60.2 Å². The molecule has 2 N–H and O–H groups in total. The highest BCUT2D eigenvalue weighted by molar-refractivity contribution is 5.93. The Labute approximate surface area is 144 Å². The summed E-state index contributed by atoms with van der Waals surface area (Å²) in [4.78, 5) is 20.6. The molecule has 3 heterocycles. The first-order valence-electron chi connectivity index (χ1n) is 8.15. The maximum absolute atomic E-state index is 12.3. The summed E-state index contributed by atoms with van der Waals surface area (Å²) in [6.45, 7) is 0.399. The van der Waals surface area contributed by atoms with Gasteiger partial charge in [0.1, 0.15) is 5.82 Å². The van der Waals surface area contributed by atoms with Crippen molar-refractivity contribution in [1.82, 2.24) is 20.4 Å². The number of nitrogens with one attached hydrogen (secondary N) is 2. The second-order valence-corrected chi connectivity index (χ2v) is 5.97. The molecule has 0 aromatic carbocycles. The van der Waals surface area contributed by atoms with Gasteiger partial charge in [0.15, 0.2) is 11.5 Å². The minimum absolute atomic E-state index is 0.240. The number of nitrogens with zero attached hydrogens (tertiary/aromatic N) is 3. The Morgan fingerprint density at radius 3 is 2.96 bits per heavy atom. The van der Waals surface area contributed by atoms with Gasteiger partial charge in [-0.15, -0.1) is 0 Å². The predicted molar refractivity (Wildman–Crippen MR) is 91.8 cm³/mol. The van der Waals surface area contributed by atoms with Crippen molar-refractivity contribution in [1.29, 1.82) is 0 Å². The Morgan fingerprint density at radius 2 is 2.16 bits per heavy atom. The molecule has 1 fully saturated rings. The Hall–Kier alpha value is -3.22. The summed E-state index contributed by atoms with van der Waals surface area (Å²) in [7, 11) is 0. The third kappa shape index (κ3) is 3.82. The minimum atomic E-state index is -0.285. The average molecular weight is 335 g/mol. The molecule has 0 radical (unpaired) electrons. The first-order valence-corrected chi connectivity index (χ1v) is 8.15. The van der Waals surface area contributed by atoms with Gasteiger partial charge in [-0.05, 0) is 42.7 Å². The molecule has 3 aromatic rings. The number of carbonyl (C=O) groups is 1. The van der Waals surface area contributed by atoms with Crippen LogP contribution in [0.4, 0.5) is 5.82 Å². The van der Waals surface area contributed by atoms with Gasteiger partial charge >= 0.3 is 0 Å². The van der Waals surface area contributed by atoms with Gasteiger partial charge in [0.2, 0.25) is 0 Å². The van der Waals surface area contributed by atoms with E-state index in [4.69, 9.17) is 4.52 Å². The van der Waals surface area contributed by atoms with Crippen molar-refractivity contribution in [2.24, 2.45) is 0 Å². The molecule has 4 rings (SSSR count). The van der Waals surface area contributed by atoms with Crippen molar-refractivity contribution in [2.75, 3.05) is 5.32 Å². The smallest absolute Gasteiger partial charge is 0.273 e. The summed E-state index contributed by atoms with van der Waals surface area (Å²) in [5.41, 5.74) is 1.99. The van der Waals surface area contributed by atoms with Crippen LogP contribution < -0.4 is 10.6 Å². The molecule has 7 nitrogen and oxygen atoms in total. The maximum Gasteiger partial charge on any atom is 0.273 e. The molecule has 3 aromatic heterocycles. The van der Waals surface area contributed by atoms with Gasteiger partial charge in [-0.2, -0.15) is 0 Å². The molecule has 7 heteroatoms. The van der Waals surface area contributed by atoms with Crippen LogP contribution in [0, 0.1) is 0 Å². The van der Waals surface area contributed by atoms with Crippen LogP contribution in [0.3, 0.4) is 0 Å². The molecule has 1 aliphatic carbocycles. The average Bonchev–Trinajstić information content (AvgIpc) is 3.32. The number of pyridine rings is 2. The lowest BCUT2D eigenvalue weighted by Gasteiger charge is -2.07. The van der Waals surface area contributed by atoms with Gasteiger partial charge in [-0.25, -0.2) is 4.98 Å². The number of hydrogen-bond acceptors (Lipinski definition) is 6. The largest absolute Gasteiger partial charge is 0.367 e. The van der Waals surface area contributed by atoms with Crippen molar-refractivity contribution in [2.45, 2.75) is 25.4 Å². The Morgan fingerprint density at radius 1 is 1.24 bits per heavy atom. The monoisotopic (exact) mass is 335 g/mol. The molecule has 1 aliphatic rings. The van der Waals surface area contributed by atoms with E-state index in [0.717, 1.165) is 16.9 Å². The molecule has 0 saturated heterocycles. The molecule has 0 bridgehead atoms. The molecular weight excluding hydrogens is 318 g/mol. The van der Waals surface area contributed by atoms with Crippen LogP contribution in [0.5, 0.6) is 0 Å². The molecule has 0 unspecified atom stereocenters. The van der Waals surface area contributed by atoms with E-state index in [1.165, 1.54) is 12.8 Å². The number of hydrogen-bond donors (Lipinski definition) is 2. The van der Waals surface area contributed by atoms with Crippen molar-refractivity contribution < 1.29 is 9.32 Å². The third-order valence-corrected chi connectivity index (χ3v) is 3.90. The standard InChI is InChI=1S/C18H17N5O2/c24-18(15-9-16(25-23-15)13-2-1-6-19-11-13)21-10-12-5-7-20-17(8-12)22-14-3-4-14/h1-2,5-9,11,14H,3-4,10H2,(H,20,22)(H,21,24). The van der Waals surface area contributed by atoms with E-state index in [9.17, 15) is 4.79 Å². The van der Waals surface area contributed by atoms with E-state index in [-0.39, 0.29) is 11.6 Å². The maximum atomic E-state index is 12.3. The van der Waals surface area contributed by atoms with Gasteiger partial charge in [-0.1, -0.05) is 5.16 Å². The first kappa shape index (κ1) is 15.3. The third-order valence-electron chi connectivity index (χ3n) is 3.90. The highest BCUT2D eigenvalue weighted by Crippen LogP contribution is 2.24. The van der Waals surface area contributed by atoms with Crippen LogP contribution in [-0.4, -0.2) is 27.1 Å². The number of rotatable bonds is 6. The summed E-state index contributed by atoms with van der Waals surface area (Å²) in [6.07, 6.45) is 7.45. The summed E-state index contributed by atoms with van der Waals surface area (Å²) in [5.74, 6) is 1.07. The molecule has 0 atom stereocenters. The van der Waals surface area contributed by atoms with Gasteiger partial charge in [0.25, 0.3) is 5.91 Å². The number of aromatic nitrogens is 3. The quantitative estimate of drug-likeness (QED) is 0.719. The highest BCUT2D eigenvalue weighted by Gasteiger charge is 2.21. The molecule has 1 saturated carbocycles.